The Morgan fingerprint density at radius 2 is 2.25 bits per heavy atom. The lowest BCUT2D eigenvalue weighted by atomic mass is 10.1. The van der Waals surface area contributed by atoms with E-state index in [2.05, 4.69) is 28.0 Å². The summed E-state index contributed by atoms with van der Waals surface area (Å²) in [6.07, 6.45) is 1.76. The lowest BCUT2D eigenvalue weighted by molar-refractivity contribution is 0.201. The van der Waals surface area contributed by atoms with Crippen molar-refractivity contribution >= 4 is 27.5 Å². The quantitative estimate of drug-likeness (QED) is 0.883. The molecule has 0 radical (unpaired) electrons. The molecular weight excluding hydrogens is 344 g/mol. The van der Waals surface area contributed by atoms with Crippen LogP contribution in [0.3, 0.4) is 0 Å². The molecule has 0 aliphatic rings. The van der Waals surface area contributed by atoms with Gasteiger partial charge < -0.3 is 9.84 Å². The number of aliphatic hydroxyl groups excluding tert-OH is 1. The zero-order valence-electron chi connectivity index (χ0n) is 11.3. The van der Waals surface area contributed by atoms with Crippen molar-refractivity contribution in [3.05, 3.63) is 45.1 Å². The molecule has 0 amide bonds. The highest BCUT2D eigenvalue weighted by molar-refractivity contribution is 9.10. The number of benzene rings is 1. The molecule has 6 heteroatoms. The first kappa shape index (κ1) is 15.4. The average Bonchev–Trinajstić information content (AvgIpc) is 2.79. The Hall–Kier alpha value is -1.04. The van der Waals surface area contributed by atoms with Gasteiger partial charge in [0.15, 0.2) is 0 Å². The highest BCUT2D eigenvalue weighted by Crippen LogP contribution is 2.35. The molecule has 1 N–H and O–H groups in total. The summed E-state index contributed by atoms with van der Waals surface area (Å²) in [7, 11) is 1.57. The van der Waals surface area contributed by atoms with Gasteiger partial charge in [-0.2, -0.15) is 5.10 Å². The van der Waals surface area contributed by atoms with E-state index in [9.17, 15) is 5.11 Å². The van der Waals surface area contributed by atoms with E-state index < -0.39 is 6.10 Å². The van der Waals surface area contributed by atoms with E-state index in [-0.39, 0.29) is 0 Å². The summed E-state index contributed by atoms with van der Waals surface area (Å²) in [5.41, 5.74) is 1.32. The maximum atomic E-state index is 10.7. The summed E-state index contributed by atoms with van der Waals surface area (Å²) >= 11 is 9.45. The van der Waals surface area contributed by atoms with Crippen molar-refractivity contribution in [1.29, 1.82) is 0 Å². The maximum absolute atomic E-state index is 10.7. The van der Waals surface area contributed by atoms with Crippen LogP contribution in [0.5, 0.6) is 5.75 Å². The second-order valence-electron chi connectivity index (χ2n) is 4.39. The van der Waals surface area contributed by atoms with E-state index >= 15 is 0 Å². The molecule has 1 heterocycles. The van der Waals surface area contributed by atoms with Crippen LogP contribution in [0.25, 0.3) is 0 Å². The molecule has 0 aliphatic carbocycles. The summed E-state index contributed by atoms with van der Waals surface area (Å²) in [6.45, 7) is 2.80. The first-order chi connectivity index (χ1) is 9.58. The van der Waals surface area contributed by atoms with E-state index in [1.807, 2.05) is 0 Å². The predicted molar refractivity (Wildman–Crippen MR) is 82.3 cm³/mol. The lowest BCUT2D eigenvalue weighted by Gasteiger charge is -2.17. The molecule has 0 spiro atoms. The van der Waals surface area contributed by atoms with Gasteiger partial charge in [0.2, 0.25) is 0 Å². The van der Waals surface area contributed by atoms with Crippen molar-refractivity contribution in [1.82, 2.24) is 9.78 Å². The Balaban J connectivity index is 2.48. The van der Waals surface area contributed by atoms with E-state index in [0.717, 1.165) is 17.4 Å². The van der Waals surface area contributed by atoms with E-state index in [4.69, 9.17) is 16.3 Å². The number of hydrogen-bond donors (Lipinski definition) is 1. The molecule has 0 fully saturated rings. The van der Waals surface area contributed by atoms with Crippen LogP contribution in [0.2, 0.25) is 5.02 Å². The van der Waals surface area contributed by atoms with Gasteiger partial charge in [-0.25, -0.2) is 0 Å². The van der Waals surface area contributed by atoms with Crippen LogP contribution in [0.15, 0.2) is 28.9 Å². The minimum Gasteiger partial charge on any atom is -0.496 e. The molecule has 4 nitrogen and oxygen atoms in total. The number of aliphatic hydroxyl groups is 1. The SMILES string of the molecule is CCCn1ncc(Br)c1C(O)c1cc(Cl)ccc1OC. The average molecular weight is 360 g/mol. The van der Waals surface area contributed by atoms with Crippen molar-refractivity contribution in [3.8, 4) is 5.75 Å². The minimum absolute atomic E-state index is 0.553. The predicted octanol–water partition coefficient (Wildman–Crippen LogP) is 3.80. The molecule has 108 valence electrons. The maximum Gasteiger partial charge on any atom is 0.125 e. The molecule has 1 unspecified atom stereocenters. The number of nitrogens with zero attached hydrogens (tertiary/aromatic N) is 2. The van der Waals surface area contributed by atoms with Gasteiger partial charge in [-0.05, 0) is 40.5 Å². The summed E-state index contributed by atoms with van der Waals surface area (Å²) in [5.74, 6) is 0.595. The first-order valence-electron chi connectivity index (χ1n) is 6.31. The fourth-order valence-electron chi connectivity index (χ4n) is 2.10. The third-order valence-electron chi connectivity index (χ3n) is 3.01. The van der Waals surface area contributed by atoms with Gasteiger partial charge in [-0.1, -0.05) is 18.5 Å². The van der Waals surface area contributed by atoms with Crippen LogP contribution in [-0.4, -0.2) is 22.0 Å². The monoisotopic (exact) mass is 358 g/mol. The Morgan fingerprint density at radius 3 is 2.90 bits per heavy atom. The van der Waals surface area contributed by atoms with Crippen LogP contribution in [-0.2, 0) is 6.54 Å². The molecule has 2 rings (SSSR count). The van der Waals surface area contributed by atoms with Crippen LogP contribution in [0.4, 0.5) is 0 Å². The van der Waals surface area contributed by atoms with Gasteiger partial charge in [0.05, 0.1) is 23.5 Å². The van der Waals surface area contributed by atoms with Crippen LogP contribution >= 0.6 is 27.5 Å². The molecule has 1 aromatic heterocycles. The topological polar surface area (TPSA) is 47.3 Å². The van der Waals surface area contributed by atoms with E-state index in [1.165, 1.54) is 0 Å². The van der Waals surface area contributed by atoms with E-state index in [1.54, 1.807) is 36.2 Å². The third-order valence-corrected chi connectivity index (χ3v) is 3.86. The molecule has 20 heavy (non-hydrogen) atoms. The summed E-state index contributed by atoms with van der Waals surface area (Å²) in [4.78, 5) is 0. The van der Waals surface area contributed by atoms with Gasteiger partial charge in [0, 0.05) is 17.1 Å². The standard InChI is InChI=1S/C14H16BrClN2O2/c1-3-6-18-13(11(15)8-17-18)14(19)10-7-9(16)4-5-12(10)20-2/h4-5,7-8,14,19H,3,6H2,1-2H3. The molecular formula is C14H16BrClN2O2. The van der Waals surface area contributed by atoms with Crippen molar-refractivity contribution in [3.63, 3.8) is 0 Å². The summed E-state index contributed by atoms with van der Waals surface area (Å²) in [5, 5.41) is 15.5. The zero-order valence-corrected chi connectivity index (χ0v) is 13.6. The molecule has 0 saturated heterocycles. The number of methoxy groups -OCH3 is 1. The molecule has 0 saturated carbocycles. The minimum atomic E-state index is -0.855. The van der Waals surface area contributed by atoms with Crippen molar-refractivity contribution in [2.24, 2.45) is 0 Å². The number of halogens is 2. The van der Waals surface area contributed by atoms with Crippen molar-refractivity contribution < 1.29 is 9.84 Å². The Morgan fingerprint density at radius 1 is 1.50 bits per heavy atom. The molecule has 1 atom stereocenters. The van der Waals surface area contributed by atoms with E-state index in [0.29, 0.717) is 22.0 Å². The molecule has 1 aromatic carbocycles. The largest absolute Gasteiger partial charge is 0.496 e. The van der Waals surface area contributed by atoms with Crippen LogP contribution in [0, 0.1) is 0 Å². The normalized spacial score (nSPS) is 12.4. The number of hydrogen-bond acceptors (Lipinski definition) is 3. The third kappa shape index (κ3) is 3.00. The second kappa shape index (κ2) is 6.61. The van der Waals surface area contributed by atoms with Crippen molar-refractivity contribution in [2.75, 3.05) is 7.11 Å². The lowest BCUT2D eigenvalue weighted by Crippen LogP contribution is -2.11. The van der Waals surface area contributed by atoms with Crippen LogP contribution in [0.1, 0.15) is 30.7 Å². The Kier molecular flexibility index (Phi) is 5.07. The fourth-order valence-corrected chi connectivity index (χ4v) is 2.79. The number of aromatic nitrogens is 2. The fraction of sp³-hybridized carbons (Fsp3) is 0.357. The van der Waals surface area contributed by atoms with Crippen LogP contribution < -0.4 is 4.74 Å². The van der Waals surface area contributed by atoms with Gasteiger partial charge in [0.25, 0.3) is 0 Å². The number of ether oxygens (including phenoxy) is 1. The summed E-state index contributed by atoms with van der Waals surface area (Å²) < 4.78 is 7.85. The van der Waals surface area contributed by atoms with Gasteiger partial charge in [-0.15, -0.1) is 0 Å². The summed E-state index contributed by atoms with van der Waals surface area (Å²) in [6, 6.07) is 5.19. The Labute approximate surface area is 131 Å². The van der Waals surface area contributed by atoms with Gasteiger partial charge in [-0.3, -0.25) is 4.68 Å². The zero-order chi connectivity index (χ0) is 14.7. The van der Waals surface area contributed by atoms with Gasteiger partial charge in [0.1, 0.15) is 11.9 Å². The molecule has 0 bridgehead atoms. The highest BCUT2D eigenvalue weighted by Gasteiger charge is 2.22. The first-order valence-corrected chi connectivity index (χ1v) is 7.48. The molecule has 2 aromatic rings. The van der Waals surface area contributed by atoms with Crippen molar-refractivity contribution in [2.45, 2.75) is 26.0 Å². The Bertz CT molecular complexity index is 601. The molecule has 0 aliphatic heterocycles. The smallest absolute Gasteiger partial charge is 0.125 e. The number of rotatable bonds is 5. The number of aryl methyl sites for hydroxylation is 1. The van der Waals surface area contributed by atoms with Gasteiger partial charge >= 0.3 is 0 Å². The highest BCUT2D eigenvalue weighted by atomic mass is 79.9. The second-order valence-corrected chi connectivity index (χ2v) is 5.68.